The maximum absolute atomic E-state index is 13.3. The number of aromatic nitrogens is 2. The van der Waals surface area contributed by atoms with Gasteiger partial charge < -0.3 is 19.9 Å². The monoisotopic (exact) mass is 425 g/mol. The Hall–Kier alpha value is -2.72. The molecule has 2 aromatic rings. The highest BCUT2D eigenvalue weighted by Gasteiger charge is 2.34. The zero-order chi connectivity index (χ0) is 22.1. The Morgan fingerprint density at radius 1 is 1.27 bits per heavy atom. The molecule has 1 fully saturated rings. The highest BCUT2D eigenvalue weighted by atomic mass is 19.4. The number of nitrogens with zero attached hydrogens (tertiary/aromatic N) is 2. The summed E-state index contributed by atoms with van der Waals surface area (Å²) in [5, 5.41) is 12.4. The smallest absolute Gasteiger partial charge is 0.416 e. The van der Waals surface area contributed by atoms with E-state index in [4.69, 9.17) is 9.47 Å². The predicted molar refractivity (Wildman–Crippen MR) is 101 cm³/mol. The van der Waals surface area contributed by atoms with Gasteiger partial charge in [-0.25, -0.2) is 9.97 Å². The summed E-state index contributed by atoms with van der Waals surface area (Å²) in [5.74, 6) is -0.488. The average Bonchev–Trinajstić information content (AvgIpc) is 3.14. The number of ether oxygens (including phenoxy) is 2. The summed E-state index contributed by atoms with van der Waals surface area (Å²) in [6, 6.07) is 3.45. The second kappa shape index (κ2) is 8.57. The quantitative estimate of drug-likeness (QED) is 0.724. The number of hydrogen-bond acceptors (Lipinski definition) is 6. The molecule has 0 saturated carbocycles. The molecule has 10 heteroatoms. The average molecular weight is 425 g/mol. The largest absolute Gasteiger partial charge is 0.481 e. The SMILES string of the molecule is Cc1nc(CC(=O)O)c(C2OCCO2)c(N[C@H](C)c2cccc(C(F)(F)F)c2C)n1. The number of hydrogen-bond donors (Lipinski definition) is 2. The molecule has 0 amide bonds. The molecule has 1 aliphatic rings. The number of aliphatic carboxylic acids is 1. The van der Waals surface area contributed by atoms with Crippen molar-refractivity contribution in [1.82, 2.24) is 9.97 Å². The highest BCUT2D eigenvalue weighted by molar-refractivity contribution is 5.71. The Balaban J connectivity index is 2.02. The fourth-order valence-electron chi connectivity index (χ4n) is 3.51. The second-order valence-corrected chi connectivity index (χ2v) is 7.01. The molecule has 2 heterocycles. The molecular weight excluding hydrogens is 403 g/mol. The van der Waals surface area contributed by atoms with Crippen LogP contribution in [0, 0.1) is 13.8 Å². The molecule has 1 atom stereocenters. The van der Waals surface area contributed by atoms with E-state index < -0.39 is 30.0 Å². The van der Waals surface area contributed by atoms with Crippen molar-refractivity contribution in [3.63, 3.8) is 0 Å². The van der Waals surface area contributed by atoms with Gasteiger partial charge in [0.15, 0.2) is 6.29 Å². The molecule has 0 unspecified atom stereocenters. The Morgan fingerprint density at radius 3 is 2.53 bits per heavy atom. The van der Waals surface area contributed by atoms with Crippen LogP contribution in [0.5, 0.6) is 0 Å². The first kappa shape index (κ1) is 22.0. The lowest BCUT2D eigenvalue weighted by Crippen LogP contribution is -2.19. The number of benzene rings is 1. The van der Waals surface area contributed by atoms with Gasteiger partial charge in [-0.2, -0.15) is 13.2 Å². The number of alkyl halides is 3. The van der Waals surface area contributed by atoms with E-state index in [1.165, 1.54) is 13.0 Å². The number of carboxylic acid groups (broad SMARTS) is 1. The van der Waals surface area contributed by atoms with Crippen molar-refractivity contribution in [2.45, 2.75) is 45.7 Å². The number of anilines is 1. The van der Waals surface area contributed by atoms with E-state index in [9.17, 15) is 23.1 Å². The minimum absolute atomic E-state index is 0.108. The van der Waals surface area contributed by atoms with Crippen LogP contribution in [0.2, 0.25) is 0 Å². The first-order valence-corrected chi connectivity index (χ1v) is 9.33. The molecule has 1 aliphatic heterocycles. The molecular formula is C20H22F3N3O4. The van der Waals surface area contributed by atoms with Crippen LogP contribution in [-0.2, 0) is 26.9 Å². The van der Waals surface area contributed by atoms with Crippen LogP contribution < -0.4 is 5.32 Å². The van der Waals surface area contributed by atoms with Crippen LogP contribution in [0.15, 0.2) is 18.2 Å². The predicted octanol–water partition coefficient (Wildman–Crippen LogP) is 3.96. The van der Waals surface area contributed by atoms with Gasteiger partial charge in [-0.3, -0.25) is 4.79 Å². The Bertz CT molecular complexity index is 944. The van der Waals surface area contributed by atoms with Crippen LogP contribution in [0.25, 0.3) is 0 Å². The molecule has 7 nitrogen and oxygen atoms in total. The van der Waals surface area contributed by atoms with Crippen LogP contribution in [-0.4, -0.2) is 34.3 Å². The number of aryl methyl sites for hydroxylation is 1. The van der Waals surface area contributed by atoms with Gasteiger partial charge in [0.1, 0.15) is 11.6 Å². The fraction of sp³-hybridized carbons (Fsp3) is 0.450. The lowest BCUT2D eigenvalue weighted by Gasteiger charge is -2.24. The topological polar surface area (TPSA) is 93.6 Å². The Morgan fingerprint density at radius 2 is 1.93 bits per heavy atom. The standard InChI is InChI=1S/C20H22F3N3O4/c1-10-13(5-4-6-14(10)20(21,22)23)11(2)24-18-17(19-29-7-8-30-19)15(9-16(27)28)25-12(3)26-18/h4-6,11,19H,7-9H2,1-3H3,(H,27,28)(H,24,25,26)/t11-/m1/s1. The zero-order valence-electron chi connectivity index (χ0n) is 16.7. The molecule has 1 aromatic carbocycles. The molecule has 0 radical (unpaired) electrons. The minimum Gasteiger partial charge on any atom is -0.481 e. The normalized spacial score (nSPS) is 15.9. The summed E-state index contributed by atoms with van der Waals surface area (Å²) in [7, 11) is 0. The van der Waals surface area contributed by atoms with Crippen LogP contribution in [0.3, 0.4) is 0 Å². The van der Waals surface area contributed by atoms with E-state index >= 15 is 0 Å². The summed E-state index contributed by atoms with van der Waals surface area (Å²) < 4.78 is 50.9. The summed E-state index contributed by atoms with van der Waals surface area (Å²) >= 11 is 0. The summed E-state index contributed by atoms with van der Waals surface area (Å²) in [6.07, 6.45) is -5.68. The van der Waals surface area contributed by atoms with Gasteiger partial charge in [0, 0.05) is 0 Å². The van der Waals surface area contributed by atoms with E-state index in [0.717, 1.165) is 6.07 Å². The number of carboxylic acids is 1. The zero-order valence-corrected chi connectivity index (χ0v) is 16.7. The van der Waals surface area contributed by atoms with E-state index in [1.807, 2.05) is 0 Å². The summed E-state index contributed by atoms with van der Waals surface area (Å²) in [6.45, 7) is 5.38. The van der Waals surface area contributed by atoms with Crippen molar-refractivity contribution >= 4 is 11.8 Å². The lowest BCUT2D eigenvalue weighted by atomic mass is 9.97. The highest BCUT2D eigenvalue weighted by Crippen LogP contribution is 2.37. The van der Waals surface area contributed by atoms with Gasteiger partial charge in [-0.15, -0.1) is 0 Å². The van der Waals surface area contributed by atoms with Gasteiger partial charge in [-0.05, 0) is 38.0 Å². The van der Waals surface area contributed by atoms with E-state index in [0.29, 0.717) is 30.2 Å². The first-order chi connectivity index (χ1) is 14.1. The third-order valence-electron chi connectivity index (χ3n) is 4.81. The minimum atomic E-state index is -4.46. The Labute approximate surface area is 171 Å². The van der Waals surface area contributed by atoms with Crippen LogP contribution in [0.1, 0.15) is 53.0 Å². The molecule has 3 rings (SSSR count). The molecule has 30 heavy (non-hydrogen) atoms. The van der Waals surface area contributed by atoms with E-state index in [2.05, 4.69) is 15.3 Å². The maximum Gasteiger partial charge on any atom is 0.416 e. The molecule has 0 spiro atoms. The number of carbonyl (C=O) groups is 1. The van der Waals surface area contributed by atoms with Crippen LogP contribution in [0.4, 0.5) is 19.0 Å². The molecule has 1 aromatic heterocycles. The first-order valence-electron chi connectivity index (χ1n) is 9.33. The van der Waals surface area contributed by atoms with Gasteiger partial charge in [0.2, 0.25) is 0 Å². The maximum atomic E-state index is 13.3. The Kier molecular flexibility index (Phi) is 6.27. The third-order valence-corrected chi connectivity index (χ3v) is 4.81. The summed E-state index contributed by atoms with van der Waals surface area (Å²) in [5.41, 5.74) is 0.424. The molecule has 2 N–H and O–H groups in total. The third kappa shape index (κ3) is 4.71. The van der Waals surface area contributed by atoms with Crippen molar-refractivity contribution in [3.05, 3.63) is 52.0 Å². The molecule has 162 valence electrons. The van der Waals surface area contributed by atoms with Crippen molar-refractivity contribution in [2.24, 2.45) is 0 Å². The number of rotatable bonds is 6. The van der Waals surface area contributed by atoms with E-state index in [-0.39, 0.29) is 23.5 Å². The number of nitrogens with one attached hydrogen (secondary N) is 1. The second-order valence-electron chi connectivity index (χ2n) is 7.01. The van der Waals surface area contributed by atoms with Gasteiger partial charge in [-0.1, -0.05) is 12.1 Å². The molecule has 1 saturated heterocycles. The van der Waals surface area contributed by atoms with Crippen molar-refractivity contribution in [1.29, 1.82) is 0 Å². The lowest BCUT2D eigenvalue weighted by molar-refractivity contribution is -0.138. The fourth-order valence-corrected chi connectivity index (χ4v) is 3.51. The van der Waals surface area contributed by atoms with Crippen molar-refractivity contribution < 1.29 is 32.5 Å². The van der Waals surface area contributed by atoms with Gasteiger partial charge in [0.05, 0.1) is 42.5 Å². The van der Waals surface area contributed by atoms with Crippen molar-refractivity contribution in [2.75, 3.05) is 18.5 Å². The number of halogens is 3. The molecule has 0 bridgehead atoms. The van der Waals surface area contributed by atoms with Crippen LogP contribution >= 0.6 is 0 Å². The van der Waals surface area contributed by atoms with E-state index in [1.54, 1.807) is 19.9 Å². The van der Waals surface area contributed by atoms with Gasteiger partial charge >= 0.3 is 12.1 Å². The van der Waals surface area contributed by atoms with Gasteiger partial charge in [0.25, 0.3) is 0 Å². The molecule has 0 aliphatic carbocycles. The van der Waals surface area contributed by atoms with Crippen molar-refractivity contribution in [3.8, 4) is 0 Å². The summed E-state index contributed by atoms with van der Waals surface area (Å²) in [4.78, 5) is 19.9.